The standard InChI is InChI=1S/C16H30N2O2/c1-15(2,18-7-10-19-11-8-18)14(17)13-4-9-20-16(12-13)5-3-6-16/h13-14H,3-12,17H2,1-2H3. The lowest BCUT2D eigenvalue weighted by Gasteiger charge is -2.52. The molecule has 0 bridgehead atoms. The molecule has 1 aliphatic carbocycles. The van der Waals surface area contributed by atoms with Gasteiger partial charge in [0.2, 0.25) is 0 Å². The van der Waals surface area contributed by atoms with Crippen LogP contribution in [0.5, 0.6) is 0 Å². The van der Waals surface area contributed by atoms with Crippen molar-refractivity contribution in [3.05, 3.63) is 0 Å². The Balaban J connectivity index is 1.65. The van der Waals surface area contributed by atoms with Crippen molar-refractivity contribution in [2.75, 3.05) is 32.9 Å². The van der Waals surface area contributed by atoms with Gasteiger partial charge in [0.1, 0.15) is 0 Å². The molecule has 20 heavy (non-hydrogen) atoms. The van der Waals surface area contributed by atoms with Gasteiger partial charge in [0.05, 0.1) is 18.8 Å². The van der Waals surface area contributed by atoms with Crippen LogP contribution in [0.15, 0.2) is 0 Å². The lowest BCUT2D eigenvalue weighted by atomic mass is 9.68. The van der Waals surface area contributed by atoms with Crippen LogP contribution in [0, 0.1) is 5.92 Å². The van der Waals surface area contributed by atoms with E-state index in [1.165, 1.54) is 25.7 Å². The van der Waals surface area contributed by atoms with Crippen LogP contribution in [0.3, 0.4) is 0 Å². The topological polar surface area (TPSA) is 47.7 Å². The zero-order valence-corrected chi connectivity index (χ0v) is 13.1. The Kier molecular flexibility index (Phi) is 4.10. The van der Waals surface area contributed by atoms with Crippen LogP contribution in [0.4, 0.5) is 0 Å². The number of hydrogen-bond donors (Lipinski definition) is 1. The maximum Gasteiger partial charge on any atom is 0.0685 e. The maximum atomic E-state index is 6.72. The van der Waals surface area contributed by atoms with E-state index in [0.717, 1.165) is 39.3 Å². The largest absolute Gasteiger partial charge is 0.379 e. The van der Waals surface area contributed by atoms with Gasteiger partial charge in [-0.1, -0.05) is 0 Å². The lowest BCUT2D eigenvalue weighted by molar-refractivity contribution is -0.152. The van der Waals surface area contributed by atoms with Crippen molar-refractivity contribution in [3.8, 4) is 0 Å². The number of morpholine rings is 1. The van der Waals surface area contributed by atoms with Gasteiger partial charge in [-0.05, 0) is 51.9 Å². The van der Waals surface area contributed by atoms with Crippen LogP contribution in [0.1, 0.15) is 46.0 Å². The van der Waals surface area contributed by atoms with Crippen LogP contribution >= 0.6 is 0 Å². The van der Waals surface area contributed by atoms with Gasteiger partial charge >= 0.3 is 0 Å². The molecule has 116 valence electrons. The van der Waals surface area contributed by atoms with Gasteiger partial charge in [-0.15, -0.1) is 0 Å². The van der Waals surface area contributed by atoms with Crippen molar-refractivity contribution in [2.45, 2.75) is 63.1 Å². The summed E-state index contributed by atoms with van der Waals surface area (Å²) in [6.07, 6.45) is 6.11. The monoisotopic (exact) mass is 282 g/mol. The molecule has 3 aliphatic rings. The van der Waals surface area contributed by atoms with Gasteiger partial charge < -0.3 is 15.2 Å². The van der Waals surface area contributed by atoms with Gasteiger partial charge in [0.15, 0.2) is 0 Å². The van der Waals surface area contributed by atoms with Gasteiger partial charge in [0, 0.05) is 31.3 Å². The van der Waals surface area contributed by atoms with Crippen molar-refractivity contribution < 1.29 is 9.47 Å². The highest BCUT2D eigenvalue weighted by Gasteiger charge is 2.47. The van der Waals surface area contributed by atoms with Crippen molar-refractivity contribution in [2.24, 2.45) is 11.7 Å². The van der Waals surface area contributed by atoms with E-state index in [2.05, 4.69) is 18.7 Å². The minimum atomic E-state index is 0.0523. The number of rotatable bonds is 3. The molecule has 2 heterocycles. The summed E-state index contributed by atoms with van der Waals surface area (Å²) in [4.78, 5) is 2.52. The van der Waals surface area contributed by atoms with E-state index in [4.69, 9.17) is 15.2 Å². The normalized spacial score (nSPS) is 32.9. The molecule has 2 saturated heterocycles. The Bertz CT molecular complexity index is 335. The zero-order chi connectivity index (χ0) is 14.2. The quantitative estimate of drug-likeness (QED) is 0.857. The van der Waals surface area contributed by atoms with E-state index in [1.54, 1.807) is 0 Å². The van der Waals surface area contributed by atoms with Crippen LogP contribution in [0.25, 0.3) is 0 Å². The Morgan fingerprint density at radius 1 is 1.20 bits per heavy atom. The van der Waals surface area contributed by atoms with Gasteiger partial charge in [-0.3, -0.25) is 4.90 Å². The third-order valence-corrected chi connectivity index (χ3v) is 5.95. The molecule has 0 aromatic heterocycles. The Morgan fingerprint density at radius 2 is 1.90 bits per heavy atom. The fourth-order valence-electron chi connectivity index (χ4n) is 4.22. The molecule has 2 atom stereocenters. The summed E-state index contributed by atoms with van der Waals surface area (Å²) < 4.78 is 11.5. The first-order chi connectivity index (χ1) is 9.54. The number of ether oxygens (including phenoxy) is 2. The highest BCUT2D eigenvalue weighted by Crippen LogP contribution is 2.46. The fourth-order valence-corrected chi connectivity index (χ4v) is 4.22. The van der Waals surface area contributed by atoms with Gasteiger partial charge in [-0.25, -0.2) is 0 Å². The third kappa shape index (κ3) is 2.63. The lowest BCUT2D eigenvalue weighted by Crippen LogP contribution is -2.63. The molecule has 3 rings (SSSR count). The van der Waals surface area contributed by atoms with E-state index >= 15 is 0 Å². The molecule has 3 fully saturated rings. The first-order valence-electron chi connectivity index (χ1n) is 8.26. The Hall–Kier alpha value is -0.160. The predicted molar refractivity (Wildman–Crippen MR) is 79.7 cm³/mol. The second-order valence-electron chi connectivity index (χ2n) is 7.42. The Morgan fingerprint density at radius 3 is 2.50 bits per heavy atom. The maximum absolute atomic E-state index is 6.72. The van der Waals surface area contributed by atoms with Crippen molar-refractivity contribution >= 4 is 0 Å². The molecule has 4 heteroatoms. The second-order valence-corrected chi connectivity index (χ2v) is 7.42. The molecular weight excluding hydrogens is 252 g/mol. The zero-order valence-electron chi connectivity index (χ0n) is 13.1. The molecule has 2 unspecified atom stereocenters. The summed E-state index contributed by atoms with van der Waals surface area (Å²) in [5.41, 5.74) is 6.97. The average molecular weight is 282 g/mol. The third-order valence-electron chi connectivity index (χ3n) is 5.95. The molecule has 0 radical (unpaired) electrons. The second kappa shape index (κ2) is 5.56. The van der Waals surface area contributed by atoms with Crippen LogP contribution in [-0.2, 0) is 9.47 Å². The molecule has 0 aromatic rings. The number of nitrogens with zero attached hydrogens (tertiary/aromatic N) is 1. The minimum Gasteiger partial charge on any atom is -0.379 e. The van der Waals surface area contributed by atoms with E-state index < -0.39 is 0 Å². The molecule has 1 spiro atoms. The summed E-state index contributed by atoms with van der Waals surface area (Å²) in [5.74, 6) is 0.599. The molecule has 1 saturated carbocycles. The molecule has 0 aromatic carbocycles. The van der Waals surface area contributed by atoms with Crippen LogP contribution in [0.2, 0.25) is 0 Å². The SMILES string of the molecule is CC(C)(C(N)C1CCOC2(CCC2)C1)N1CCOCC1. The van der Waals surface area contributed by atoms with Gasteiger partial charge in [0.25, 0.3) is 0 Å². The molecular formula is C16H30N2O2. The van der Waals surface area contributed by atoms with E-state index in [1.807, 2.05) is 0 Å². The van der Waals surface area contributed by atoms with E-state index in [9.17, 15) is 0 Å². The Labute approximate surface area is 123 Å². The summed E-state index contributed by atoms with van der Waals surface area (Å²) in [6.45, 7) is 9.22. The van der Waals surface area contributed by atoms with Crippen molar-refractivity contribution in [1.29, 1.82) is 0 Å². The highest BCUT2D eigenvalue weighted by atomic mass is 16.5. The molecule has 2 N–H and O–H groups in total. The van der Waals surface area contributed by atoms with Crippen LogP contribution in [-0.4, -0.2) is 55.0 Å². The first-order valence-corrected chi connectivity index (χ1v) is 8.26. The minimum absolute atomic E-state index is 0.0523. The van der Waals surface area contributed by atoms with Crippen molar-refractivity contribution in [1.82, 2.24) is 4.90 Å². The summed E-state index contributed by atoms with van der Waals surface area (Å²) in [7, 11) is 0. The average Bonchev–Trinajstić information content (AvgIpc) is 2.46. The summed E-state index contributed by atoms with van der Waals surface area (Å²) in [6, 6.07) is 0.224. The van der Waals surface area contributed by atoms with Crippen molar-refractivity contribution in [3.63, 3.8) is 0 Å². The smallest absolute Gasteiger partial charge is 0.0685 e. The van der Waals surface area contributed by atoms with E-state index in [0.29, 0.717) is 5.92 Å². The number of hydrogen-bond acceptors (Lipinski definition) is 4. The predicted octanol–water partition coefficient (Wildman–Crippen LogP) is 1.77. The highest BCUT2D eigenvalue weighted by molar-refractivity contribution is 5.02. The summed E-state index contributed by atoms with van der Waals surface area (Å²) >= 11 is 0. The molecule has 2 aliphatic heterocycles. The number of nitrogens with two attached hydrogens (primary N) is 1. The first kappa shape index (κ1) is 14.8. The fraction of sp³-hybridized carbons (Fsp3) is 1.00. The molecule has 0 amide bonds. The van der Waals surface area contributed by atoms with Gasteiger partial charge in [-0.2, -0.15) is 0 Å². The summed E-state index contributed by atoms with van der Waals surface area (Å²) in [5, 5.41) is 0. The van der Waals surface area contributed by atoms with Crippen LogP contribution < -0.4 is 5.73 Å². The molecule has 4 nitrogen and oxygen atoms in total. The van der Waals surface area contributed by atoms with E-state index in [-0.39, 0.29) is 17.2 Å².